The molecule has 0 saturated carbocycles. The summed E-state index contributed by atoms with van der Waals surface area (Å²) in [7, 11) is -4.27. The molecule has 12 nitrogen and oxygen atoms in total. The molecular weight excluding hydrogens is 418 g/mol. The van der Waals surface area contributed by atoms with E-state index < -0.39 is 56.5 Å². The molecule has 1 saturated heterocycles. The number of carbonyl (C=O) groups excluding carboxylic acids is 2. The number of hydrogen-bond donors (Lipinski definition) is 2. The van der Waals surface area contributed by atoms with Crippen molar-refractivity contribution in [1.29, 1.82) is 5.26 Å². The van der Waals surface area contributed by atoms with E-state index in [9.17, 15) is 28.1 Å². The predicted molar refractivity (Wildman–Crippen MR) is 104 cm³/mol. The van der Waals surface area contributed by atoms with Gasteiger partial charge in [0, 0.05) is 31.3 Å². The molecule has 2 N–H and O–H groups in total. The quantitative estimate of drug-likeness (QED) is 0.312. The molecular formula is C17H21N5O7S. The Morgan fingerprint density at radius 2 is 1.93 bits per heavy atom. The van der Waals surface area contributed by atoms with E-state index in [0.717, 1.165) is 6.07 Å². The molecule has 2 rings (SSSR count). The maximum atomic E-state index is 12.9. The first-order valence-corrected chi connectivity index (χ1v) is 10.7. The number of sulfone groups is 1. The van der Waals surface area contributed by atoms with Crippen molar-refractivity contribution in [1.82, 2.24) is 15.5 Å². The topological polar surface area (TPSA) is 172 Å². The molecule has 162 valence electrons. The zero-order chi connectivity index (χ0) is 22.1. The third-order valence-corrected chi connectivity index (χ3v) is 6.31. The van der Waals surface area contributed by atoms with Gasteiger partial charge in [-0.1, -0.05) is 18.2 Å². The molecule has 1 aromatic rings. The van der Waals surface area contributed by atoms with Crippen molar-refractivity contribution in [3.63, 3.8) is 0 Å². The van der Waals surface area contributed by atoms with Crippen molar-refractivity contribution in [2.75, 3.05) is 39.4 Å². The number of para-hydroxylation sites is 1. The van der Waals surface area contributed by atoms with E-state index in [2.05, 4.69) is 10.6 Å². The van der Waals surface area contributed by atoms with Crippen LogP contribution in [0.5, 0.6) is 0 Å². The van der Waals surface area contributed by atoms with E-state index in [1.54, 1.807) is 6.07 Å². The highest BCUT2D eigenvalue weighted by molar-refractivity contribution is 7.92. The lowest BCUT2D eigenvalue weighted by atomic mass is 10.2. The maximum Gasteiger partial charge on any atom is 0.317 e. The number of urea groups is 1. The molecule has 1 heterocycles. The number of nitro groups is 1. The number of rotatable bonds is 8. The van der Waals surface area contributed by atoms with Gasteiger partial charge in [-0.3, -0.25) is 14.9 Å². The number of carbonyl (C=O) groups is 2. The summed E-state index contributed by atoms with van der Waals surface area (Å²) in [6, 6.07) is 6.40. The minimum Gasteiger partial charge on any atom is -0.378 e. The molecule has 0 aliphatic carbocycles. The number of amides is 3. The van der Waals surface area contributed by atoms with E-state index in [1.807, 2.05) is 0 Å². The smallest absolute Gasteiger partial charge is 0.317 e. The zero-order valence-electron chi connectivity index (χ0n) is 15.9. The number of hydrogen-bond acceptors (Lipinski definition) is 8. The minimum absolute atomic E-state index is 0.0833. The molecule has 0 bridgehead atoms. The molecule has 0 radical (unpaired) electrons. The van der Waals surface area contributed by atoms with Crippen LogP contribution in [0.1, 0.15) is 5.56 Å². The lowest BCUT2D eigenvalue weighted by Gasteiger charge is -2.27. The van der Waals surface area contributed by atoms with Gasteiger partial charge in [0.2, 0.25) is 5.91 Å². The standard InChI is InChI=1S/C17H21N5O7S/c18-5-6-19-16(23)15(11-20-17(24)21-7-9-29-10-8-21)30(27,28)12-13-3-1-2-4-14(13)22(25)26/h1-4,15H,6-12H2,(H,19,23)(H,20,24). The fourth-order valence-electron chi connectivity index (χ4n) is 2.81. The van der Waals surface area contributed by atoms with Gasteiger partial charge >= 0.3 is 6.03 Å². The normalized spacial score (nSPS) is 15.0. The number of morpholine rings is 1. The molecule has 0 aromatic heterocycles. The summed E-state index contributed by atoms with van der Waals surface area (Å²) in [4.78, 5) is 36.5. The Hall–Kier alpha value is -3.24. The fraction of sp³-hybridized carbons (Fsp3) is 0.471. The van der Waals surface area contributed by atoms with Crippen molar-refractivity contribution in [3.8, 4) is 6.07 Å². The average molecular weight is 439 g/mol. The molecule has 1 aromatic carbocycles. The van der Waals surface area contributed by atoms with Crippen LogP contribution in [-0.4, -0.2) is 74.8 Å². The molecule has 1 aliphatic heterocycles. The summed E-state index contributed by atoms with van der Waals surface area (Å²) in [5.74, 6) is -1.75. The van der Waals surface area contributed by atoms with E-state index >= 15 is 0 Å². The minimum atomic E-state index is -4.27. The summed E-state index contributed by atoms with van der Waals surface area (Å²) in [5.41, 5.74) is -0.477. The van der Waals surface area contributed by atoms with Crippen LogP contribution in [0.25, 0.3) is 0 Å². The van der Waals surface area contributed by atoms with Crippen LogP contribution in [0, 0.1) is 21.4 Å². The summed E-state index contributed by atoms with van der Waals surface area (Å²) in [5, 5.41) is 22.7. The van der Waals surface area contributed by atoms with Crippen LogP contribution in [0.3, 0.4) is 0 Å². The summed E-state index contributed by atoms with van der Waals surface area (Å²) < 4.78 is 31.0. The Bertz CT molecular complexity index is 938. The van der Waals surface area contributed by atoms with Crippen LogP contribution in [0.4, 0.5) is 10.5 Å². The first kappa shape index (κ1) is 23.0. The number of nitrogens with one attached hydrogen (secondary N) is 2. The molecule has 1 unspecified atom stereocenters. The largest absolute Gasteiger partial charge is 0.378 e. The van der Waals surface area contributed by atoms with Gasteiger partial charge in [0.05, 0.1) is 30.0 Å². The molecule has 3 amide bonds. The maximum absolute atomic E-state index is 12.9. The van der Waals surface area contributed by atoms with E-state index in [1.165, 1.54) is 23.1 Å². The lowest BCUT2D eigenvalue weighted by Crippen LogP contribution is -2.52. The highest BCUT2D eigenvalue weighted by Gasteiger charge is 2.35. The van der Waals surface area contributed by atoms with Crippen LogP contribution in [0.2, 0.25) is 0 Å². The molecule has 13 heteroatoms. The molecule has 0 spiro atoms. The van der Waals surface area contributed by atoms with Crippen molar-refractivity contribution in [2.45, 2.75) is 11.0 Å². The second-order valence-electron chi connectivity index (χ2n) is 6.34. The Kier molecular flexibility index (Phi) is 8.07. The SMILES string of the molecule is N#CCNC(=O)C(CNC(=O)N1CCOCC1)S(=O)(=O)Cc1ccccc1[N+](=O)[O-]. The number of nitrogens with zero attached hydrogens (tertiary/aromatic N) is 3. The van der Waals surface area contributed by atoms with Crippen LogP contribution in [0.15, 0.2) is 24.3 Å². The van der Waals surface area contributed by atoms with Gasteiger partial charge < -0.3 is 20.3 Å². The average Bonchev–Trinajstić information content (AvgIpc) is 2.72. The first-order valence-electron chi connectivity index (χ1n) is 8.95. The zero-order valence-corrected chi connectivity index (χ0v) is 16.8. The van der Waals surface area contributed by atoms with E-state index in [-0.39, 0.29) is 5.56 Å². The van der Waals surface area contributed by atoms with E-state index in [0.29, 0.717) is 26.3 Å². The van der Waals surface area contributed by atoms with Gasteiger partial charge in [0.1, 0.15) is 6.54 Å². The lowest BCUT2D eigenvalue weighted by molar-refractivity contribution is -0.385. The number of nitriles is 1. The number of ether oxygens (including phenoxy) is 1. The second kappa shape index (κ2) is 10.5. The molecule has 30 heavy (non-hydrogen) atoms. The third kappa shape index (κ3) is 6.13. The Morgan fingerprint density at radius 3 is 2.57 bits per heavy atom. The Balaban J connectivity index is 2.20. The van der Waals surface area contributed by atoms with Crippen LogP contribution < -0.4 is 10.6 Å². The fourth-order valence-corrected chi connectivity index (χ4v) is 4.44. The highest BCUT2D eigenvalue weighted by Crippen LogP contribution is 2.22. The van der Waals surface area contributed by atoms with Gasteiger partial charge in [0.15, 0.2) is 15.1 Å². The van der Waals surface area contributed by atoms with Crippen molar-refractivity contribution in [3.05, 3.63) is 39.9 Å². The first-order chi connectivity index (χ1) is 14.3. The molecule has 1 atom stereocenters. The van der Waals surface area contributed by atoms with Gasteiger partial charge in [-0.2, -0.15) is 5.26 Å². The van der Waals surface area contributed by atoms with Crippen molar-refractivity contribution < 1.29 is 27.7 Å². The van der Waals surface area contributed by atoms with Crippen LogP contribution >= 0.6 is 0 Å². The third-order valence-electron chi connectivity index (χ3n) is 4.35. The number of nitro benzene ring substituents is 1. The molecule has 1 fully saturated rings. The Morgan fingerprint density at radius 1 is 1.27 bits per heavy atom. The summed E-state index contributed by atoms with van der Waals surface area (Å²) in [6.07, 6.45) is 0. The van der Waals surface area contributed by atoms with Gasteiger partial charge in [-0.05, 0) is 0 Å². The summed E-state index contributed by atoms with van der Waals surface area (Å²) >= 11 is 0. The van der Waals surface area contributed by atoms with Crippen molar-refractivity contribution in [2.24, 2.45) is 0 Å². The molecule has 1 aliphatic rings. The van der Waals surface area contributed by atoms with Gasteiger partial charge in [-0.15, -0.1) is 0 Å². The van der Waals surface area contributed by atoms with Crippen molar-refractivity contribution >= 4 is 27.5 Å². The number of benzene rings is 1. The highest BCUT2D eigenvalue weighted by atomic mass is 32.2. The monoisotopic (exact) mass is 439 g/mol. The predicted octanol–water partition coefficient (Wildman–Crippen LogP) is -0.440. The van der Waals surface area contributed by atoms with Crippen LogP contribution in [-0.2, 0) is 25.1 Å². The van der Waals surface area contributed by atoms with E-state index in [4.69, 9.17) is 10.00 Å². The second-order valence-corrected chi connectivity index (χ2v) is 8.53. The van der Waals surface area contributed by atoms with Gasteiger partial charge in [0.25, 0.3) is 5.69 Å². The summed E-state index contributed by atoms with van der Waals surface area (Å²) in [6.45, 7) is 0.356. The Labute approximate surface area is 172 Å². The van der Waals surface area contributed by atoms with Gasteiger partial charge in [-0.25, -0.2) is 13.2 Å².